The predicted molar refractivity (Wildman–Crippen MR) is 94.8 cm³/mol. The molecular formula is C17H17N3O3S2. The van der Waals surface area contributed by atoms with Gasteiger partial charge in [-0.3, -0.25) is 0 Å². The van der Waals surface area contributed by atoms with Crippen molar-refractivity contribution < 1.29 is 12.8 Å². The van der Waals surface area contributed by atoms with E-state index in [1.165, 1.54) is 0 Å². The van der Waals surface area contributed by atoms with Gasteiger partial charge in [0.2, 0.25) is 15.9 Å². The van der Waals surface area contributed by atoms with Crippen LogP contribution < -0.4 is 4.72 Å². The van der Waals surface area contributed by atoms with Crippen molar-refractivity contribution in [2.24, 2.45) is 0 Å². The SMILES string of the molecule is Cc1ccc(CNS(=O)(=O)c2ccc(-c3nnc(C4CC4)o3)s2)cc1. The second-order valence-electron chi connectivity index (χ2n) is 6.15. The number of aryl methyl sites for hydroxylation is 1. The van der Waals surface area contributed by atoms with Crippen molar-refractivity contribution in [2.75, 3.05) is 0 Å². The first-order valence-corrected chi connectivity index (χ1v) is 10.3. The van der Waals surface area contributed by atoms with Gasteiger partial charge in [-0.25, -0.2) is 13.1 Å². The largest absolute Gasteiger partial charge is 0.420 e. The maximum Gasteiger partial charge on any atom is 0.257 e. The summed E-state index contributed by atoms with van der Waals surface area (Å²) in [5.74, 6) is 1.40. The number of hydrogen-bond acceptors (Lipinski definition) is 6. The Morgan fingerprint density at radius 3 is 2.64 bits per heavy atom. The summed E-state index contributed by atoms with van der Waals surface area (Å²) in [7, 11) is -3.57. The van der Waals surface area contributed by atoms with Crippen molar-refractivity contribution in [3.63, 3.8) is 0 Å². The molecule has 130 valence electrons. The van der Waals surface area contributed by atoms with Crippen LogP contribution >= 0.6 is 11.3 Å². The molecule has 0 atom stereocenters. The van der Waals surface area contributed by atoms with E-state index in [4.69, 9.17) is 4.42 Å². The van der Waals surface area contributed by atoms with E-state index >= 15 is 0 Å². The second kappa shape index (κ2) is 6.36. The Morgan fingerprint density at radius 1 is 1.16 bits per heavy atom. The number of aromatic nitrogens is 2. The lowest BCUT2D eigenvalue weighted by atomic mass is 10.2. The van der Waals surface area contributed by atoms with Crippen LogP contribution in [0.1, 0.15) is 35.8 Å². The first-order chi connectivity index (χ1) is 12.0. The summed E-state index contributed by atoms with van der Waals surface area (Å²) in [6.45, 7) is 2.25. The molecule has 1 aliphatic carbocycles. The van der Waals surface area contributed by atoms with Crippen molar-refractivity contribution >= 4 is 21.4 Å². The van der Waals surface area contributed by atoms with Crippen molar-refractivity contribution in [2.45, 2.75) is 36.4 Å². The Morgan fingerprint density at radius 2 is 1.92 bits per heavy atom. The molecule has 1 saturated carbocycles. The molecule has 1 aliphatic rings. The topological polar surface area (TPSA) is 85.1 Å². The summed E-state index contributed by atoms with van der Waals surface area (Å²) in [4.78, 5) is 0.662. The van der Waals surface area contributed by atoms with Gasteiger partial charge >= 0.3 is 0 Å². The minimum absolute atomic E-state index is 0.237. The summed E-state index contributed by atoms with van der Waals surface area (Å²) < 4.78 is 33.4. The maximum absolute atomic E-state index is 12.5. The van der Waals surface area contributed by atoms with Gasteiger partial charge in [0.25, 0.3) is 5.89 Å². The molecular weight excluding hydrogens is 358 g/mol. The van der Waals surface area contributed by atoms with E-state index in [2.05, 4.69) is 14.9 Å². The van der Waals surface area contributed by atoms with Crippen LogP contribution in [0.3, 0.4) is 0 Å². The molecule has 0 spiro atoms. The fourth-order valence-corrected chi connectivity index (χ4v) is 4.65. The molecule has 0 amide bonds. The molecule has 1 N–H and O–H groups in total. The van der Waals surface area contributed by atoms with Crippen LogP contribution in [0.15, 0.2) is 45.0 Å². The highest BCUT2D eigenvalue weighted by molar-refractivity contribution is 7.91. The molecule has 6 nitrogen and oxygen atoms in total. The van der Waals surface area contributed by atoms with Crippen LogP contribution in [0.2, 0.25) is 0 Å². The van der Waals surface area contributed by atoms with Gasteiger partial charge in [0.05, 0.1) is 4.88 Å². The lowest BCUT2D eigenvalue weighted by Crippen LogP contribution is -2.22. The highest BCUT2D eigenvalue weighted by Gasteiger charge is 2.30. The Kier molecular flexibility index (Phi) is 4.18. The Balaban J connectivity index is 1.48. The summed E-state index contributed by atoms with van der Waals surface area (Å²) in [5, 5.41) is 8.06. The molecule has 1 fully saturated rings. The van der Waals surface area contributed by atoms with E-state index in [9.17, 15) is 8.42 Å². The molecule has 25 heavy (non-hydrogen) atoms. The van der Waals surface area contributed by atoms with Gasteiger partial charge in [-0.1, -0.05) is 29.8 Å². The van der Waals surface area contributed by atoms with Crippen LogP contribution in [0, 0.1) is 6.92 Å². The van der Waals surface area contributed by atoms with Crippen LogP contribution in [0.4, 0.5) is 0 Å². The molecule has 8 heteroatoms. The van der Waals surface area contributed by atoms with Crippen LogP contribution in [0.25, 0.3) is 10.8 Å². The van der Waals surface area contributed by atoms with Crippen LogP contribution in [-0.2, 0) is 16.6 Å². The van der Waals surface area contributed by atoms with E-state index in [-0.39, 0.29) is 10.8 Å². The van der Waals surface area contributed by atoms with Crippen LogP contribution in [0.5, 0.6) is 0 Å². The zero-order valence-corrected chi connectivity index (χ0v) is 15.2. The lowest BCUT2D eigenvalue weighted by Gasteiger charge is -2.05. The van der Waals surface area contributed by atoms with Crippen molar-refractivity contribution in [1.82, 2.24) is 14.9 Å². The summed E-state index contributed by atoms with van der Waals surface area (Å²) in [6.07, 6.45) is 2.16. The molecule has 2 aromatic heterocycles. The summed E-state index contributed by atoms with van der Waals surface area (Å²) in [6, 6.07) is 11.0. The van der Waals surface area contributed by atoms with Gasteiger partial charge < -0.3 is 4.42 Å². The minimum atomic E-state index is -3.57. The maximum atomic E-state index is 12.5. The summed E-state index contributed by atoms with van der Waals surface area (Å²) in [5.41, 5.74) is 2.05. The van der Waals surface area contributed by atoms with Gasteiger partial charge in [0, 0.05) is 12.5 Å². The van der Waals surface area contributed by atoms with Gasteiger partial charge in [-0.2, -0.15) is 0 Å². The first kappa shape index (κ1) is 16.4. The Labute approximate surface area is 150 Å². The number of nitrogens with one attached hydrogen (secondary N) is 1. The third kappa shape index (κ3) is 3.65. The zero-order valence-electron chi connectivity index (χ0n) is 13.6. The smallest absolute Gasteiger partial charge is 0.257 e. The molecule has 0 unspecified atom stereocenters. The second-order valence-corrected chi connectivity index (χ2v) is 9.23. The number of thiophene rings is 1. The van der Waals surface area contributed by atoms with Gasteiger partial charge in [-0.15, -0.1) is 21.5 Å². The van der Waals surface area contributed by atoms with Crippen molar-refractivity contribution in [3.8, 4) is 10.8 Å². The van der Waals surface area contributed by atoms with Gasteiger partial charge in [0.15, 0.2) is 0 Å². The van der Waals surface area contributed by atoms with Crippen LogP contribution in [-0.4, -0.2) is 18.6 Å². The third-order valence-corrected chi connectivity index (χ3v) is 6.98. The van der Waals surface area contributed by atoms with E-state index < -0.39 is 10.0 Å². The highest BCUT2D eigenvalue weighted by atomic mass is 32.2. The number of hydrogen-bond donors (Lipinski definition) is 1. The Hall–Kier alpha value is -2.03. The molecule has 0 aliphatic heterocycles. The molecule has 1 aromatic carbocycles. The molecule has 0 radical (unpaired) electrons. The van der Waals surface area contributed by atoms with Gasteiger partial charge in [0.1, 0.15) is 4.21 Å². The van der Waals surface area contributed by atoms with E-state index in [1.54, 1.807) is 12.1 Å². The average Bonchev–Trinajstić information content (AvgIpc) is 3.12. The van der Waals surface area contributed by atoms with E-state index in [0.717, 1.165) is 35.3 Å². The van der Waals surface area contributed by atoms with Gasteiger partial charge in [-0.05, 0) is 37.5 Å². The van der Waals surface area contributed by atoms with Crippen molar-refractivity contribution in [3.05, 3.63) is 53.4 Å². The first-order valence-electron chi connectivity index (χ1n) is 8.00. The number of sulfonamides is 1. The summed E-state index contributed by atoms with van der Waals surface area (Å²) >= 11 is 1.13. The molecule has 2 heterocycles. The molecule has 0 bridgehead atoms. The predicted octanol–water partition coefficient (Wildman–Crippen LogP) is 3.46. The normalized spacial score (nSPS) is 14.8. The molecule has 3 aromatic rings. The fraction of sp³-hybridized carbons (Fsp3) is 0.294. The van der Waals surface area contributed by atoms with E-state index in [1.807, 2.05) is 31.2 Å². The monoisotopic (exact) mass is 375 g/mol. The quantitative estimate of drug-likeness (QED) is 0.713. The number of rotatable bonds is 6. The standard InChI is InChI=1S/C17H17N3O3S2/c1-11-2-4-12(5-3-11)10-18-25(21,22)15-9-8-14(24-15)17-20-19-16(23-17)13-6-7-13/h2-5,8-9,13,18H,6-7,10H2,1H3. The zero-order chi connectivity index (χ0) is 17.4. The van der Waals surface area contributed by atoms with Crippen molar-refractivity contribution in [1.29, 1.82) is 0 Å². The Bertz CT molecular complexity index is 986. The molecule has 0 saturated heterocycles. The minimum Gasteiger partial charge on any atom is -0.420 e. The number of benzene rings is 1. The fourth-order valence-electron chi connectivity index (χ4n) is 2.36. The number of nitrogens with zero attached hydrogens (tertiary/aromatic N) is 2. The average molecular weight is 375 g/mol. The highest BCUT2D eigenvalue weighted by Crippen LogP contribution is 2.40. The third-order valence-electron chi connectivity index (χ3n) is 4.01. The lowest BCUT2D eigenvalue weighted by molar-refractivity contribution is 0.509. The molecule has 4 rings (SSSR count). The van der Waals surface area contributed by atoms with E-state index in [0.29, 0.717) is 22.6 Å².